The number of methoxy groups -OCH3 is 1. The first kappa shape index (κ1) is 15.3. The van der Waals surface area contributed by atoms with Crippen LogP contribution in [0, 0.1) is 5.92 Å². The number of rotatable bonds is 6. The molecule has 1 aliphatic carbocycles. The molecule has 1 heterocycles. The average Bonchev–Trinajstić information content (AvgIpc) is 2.45. The lowest BCUT2D eigenvalue weighted by Crippen LogP contribution is -2.51. The summed E-state index contributed by atoms with van der Waals surface area (Å²) < 4.78 is 5.11. The van der Waals surface area contributed by atoms with Crippen LogP contribution in [0.5, 0.6) is 0 Å². The molecule has 0 amide bonds. The molecule has 1 saturated carbocycles. The van der Waals surface area contributed by atoms with Crippen LogP contribution in [0.25, 0.3) is 0 Å². The highest BCUT2D eigenvalue weighted by atomic mass is 16.5. The van der Waals surface area contributed by atoms with Crippen LogP contribution in [0.1, 0.15) is 51.9 Å². The Balaban J connectivity index is 1.78. The standard InChI is InChI=1S/C16H32N2O/c1-14-6-8-15(9-7-14)18-11-4-3-5-16(18)13-17-10-12-19-2/h14-17H,3-13H2,1-2H3. The Bertz CT molecular complexity index is 239. The van der Waals surface area contributed by atoms with Crippen LogP contribution in [0.4, 0.5) is 0 Å². The predicted octanol–water partition coefficient (Wildman–Crippen LogP) is 2.66. The Kier molecular flexibility index (Phi) is 6.62. The van der Waals surface area contributed by atoms with E-state index in [9.17, 15) is 0 Å². The zero-order chi connectivity index (χ0) is 13.5. The van der Waals surface area contributed by atoms with E-state index in [0.29, 0.717) is 0 Å². The van der Waals surface area contributed by atoms with Crippen molar-refractivity contribution >= 4 is 0 Å². The topological polar surface area (TPSA) is 24.5 Å². The van der Waals surface area contributed by atoms with Crippen molar-refractivity contribution in [1.29, 1.82) is 0 Å². The van der Waals surface area contributed by atoms with Crippen LogP contribution >= 0.6 is 0 Å². The van der Waals surface area contributed by atoms with E-state index in [4.69, 9.17) is 4.74 Å². The predicted molar refractivity (Wildman–Crippen MR) is 80.5 cm³/mol. The summed E-state index contributed by atoms with van der Waals surface area (Å²) in [5.41, 5.74) is 0. The van der Waals surface area contributed by atoms with E-state index in [-0.39, 0.29) is 0 Å². The summed E-state index contributed by atoms with van der Waals surface area (Å²) in [6.45, 7) is 6.71. The molecule has 2 rings (SSSR count). The van der Waals surface area contributed by atoms with Crippen molar-refractivity contribution in [1.82, 2.24) is 10.2 Å². The first-order valence-corrected chi connectivity index (χ1v) is 8.26. The summed E-state index contributed by atoms with van der Waals surface area (Å²) >= 11 is 0. The summed E-state index contributed by atoms with van der Waals surface area (Å²) in [5, 5.41) is 3.57. The Hall–Kier alpha value is -0.120. The zero-order valence-corrected chi connectivity index (χ0v) is 12.9. The summed E-state index contributed by atoms with van der Waals surface area (Å²) in [5.74, 6) is 0.958. The third-order valence-corrected chi connectivity index (χ3v) is 4.99. The summed E-state index contributed by atoms with van der Waals surface area (Å²) in [7, 11) is 1.78. The Labute approximate surface area is 119 Å². The maximum atomic E-state index is 5.11. The summed E-state index contributed by atoms with van der Waals surface area (Å²) in [6.07, 6.45) is 9.92. The van der Waals surface area contributed by atoms with Crippen molar-refractivity contribution in [3.8, 4) is 0 Å². The van der Waals surface area contributed by atoms with Gasteiger partial charge in [0, 0.05) is 32.3 Å². The van der Waals surface area contributed by atoms with Crippen molar-refractivity contribution in [2.45, 2.75) is 64.0 Å². The molecule has 2 aliphatic rings. The third kappa shape index (κ3) is 4.73. The molecule has 1 aliphatic heterocycles. The van der Waals surface area contributed by atoms with Crippen molar-refractivity contribution in [3.63, 3.8) is 0 Å². The van der Waals surface area contributed by atoms with E-state index in [2.05, 4.69) is 17.1 Å². The molecule has 0 bridgehead atoms. The molecule has 1 unspecified atom stereocenters. The van der Waals surface area contributed by atoms with Crippen molar-refractivity contribution in [3.05, 3.63) is 0 Å². The molecule has 3 nitrogen and oxygen atoms in total. The van der Waals surface area contributed by atoms with E-state index in [1.165, 1.54) is 51.5 Å². The highest BCUT2D eigenvalue weighted by Crippen LogP contribution is 2.30. The third-order valence-electron chi connectivity index (χ3n) is 4.99. The minimum Gasteiger partial charge on any atom is -0.383 e. The van der Waals surface area contributed by atoms with Crippen molar-refractivity contribution in [2.24, 2.45) is 5.92 Å². The van der Waals surface area contributed by atoms with Crippen molar-refractivity contribution < 1.29 is 4.74 Å². The molecular weight excluding hydrogens is 236 g/mol. The van der Waals surface area contributed by atoms with Gasteiger partial charge >= 0.3 is 0 Å². The molecule has 0 spiro atoms. The number of nitrogens with one attached hydrogen (secondary N) is 1. The molecule has 0 radical (unpaired) electrons. The highest BCUT2D eigenvalue weighted by Gasteiger charge is 2.30. The van der Waals surface area contributed by atoms with E-state index < -0.39 is 0 Å². The van der Waals surface area contributed by atoms with Gasteiger partial charge in [-0.05, 0) is 51.0 Å². The van der Waals surface area contributed by atoms with Gasteiger partial charge < -0.3 is 10.1 Å². The molecule has 2 fully saturated rings. The Morgan fingerprint density at radius 3 is 2.63 bits per heavy atom. The molecule has 1 atom stereocenters. The molecule has 3 heteroatoms. The number of ether oxygens (including phenoxy) is 1. The molecular formula is C16H32N2O. The molecule has 0 aromatic heterocycles. The lowest BCUT2D eigenvalue weighted by atomic mass is 9.85. The van der Waals surface area contributed by atoms with E-state index in [1.807, 2.05) is 0 Å². The van der Waals surface area contributed by atoms with Crippen molar-refractivity contribution in [2.75, 3.05) is 33.4 Å². The average molecular weight is 268 g/mol. The molecule has 1 saturated heterocycles. The van der Waals surface area contributed by atoms with Gasteiger partial charge in [-0.3, -0.25) is 4.90 Å². The van der Waals surface area contributed by atoms with Gasteiger partial charge in [-0.15, -0.1) is 0 Å². The van der Waals surface area contributed by atoms with Gasteiger partial charge in [0.25, 0.3) is 0 Å². The van der Waals surface area contributed by atoms with Gasteiger partial charge in [-0.25, -0.2) is 0 Å². The fraction of sp³-hybridized carbons (Fsp3) is 1.00. The lowest BCUT2D eigenvalue weighted by molar-refractivity contribution is 0.0631. The SMILES string of the molecule is COCCNCC1CCCCN1C1CCC(C)CC1. The lowest BCUT2D eigenvalue weighted by Gasteiger charge is -2.44. The van der Waals surface area contributed by atoms with Gasteiger partial charge in [0.2, 0.25) is 0 Å². The van der Waals surface area contributed by atoms with Crippen LogP contribution in [0.2, 0.25) is 0 Å². The number of hydrogen-bond acceptors (Lipinski definition) is 3. The number of hydrogen-bond donors (Lipinski definition) is 1. The summed E-state index contributed by atoms with van der Waals surface area (Å²) in [6, 6.07) is 1.63. The number of likely N-dealkylation sites (tertiary alicyclic amines) is 1. The van der Waals surface area contributed by atoms with E-state index in [0.717, 1.165) is 37.7 Å². The van der Waals surface area contributed by atoms with Crippen LogP contribution in [0.15, 0.2) is 0 Å². The monoisotopic (exact) mass is 268 g/mol. The minimum atomic E-state index is 0.768. The molecule has 0 aromatic carbocycles. The van der Waals surface area contributed by atoms with Gasteiger partial charge in [0.05, 0.1) is 6.61 Å². The normalized spacial score (nSPS) is 33.5. The quantitative estimate of drug-likeness (QED) is 0.750. The maximum absolute atomic E-state index is 5.11. The van der Waals surface area contributed by atoms with Crippen LogP contribution < -0.4 is 5.32 Å². The fourth-order valence-electron chi connectivity index (χ4n) is 3.74. The second-order valence-electron chi connectivity index (χ2n) is 6.50. The van der Waals surface area contributed by atoms with Crippen LogP contribution in [-0.2, 0) is 4.74 Å². The van der Waals surface area contributed by atoms with Gasteiger partial charge in [0.15, 0.2) is 0 Å². The fourth-order valence-corrected chi connectivity index (χ4v) is 3.74. The van der Waals surface area contributed by atoms with E-state index in [1.54, 1.807) is 7.11 Å². The summed E-state index contributed by atoms with van der Waals surface area (Å²) in [4.78, 5) is 2.83. The number of nitrogens with zero attached hydrogens (tertiary/aromatic N) is 1. The highest BCUT2D eigenvalue weighted by molar-refractivity contribution is 4.86. The van der Waals surface area contributed by atoms with Crippen LogP contribution in [0.3, 0.4) is 0 Å². The van der Waals surface area contributed by atoms with E-state index >= 15 is 0 Å². The number of piperidine rings is 1. The molecule has 19 heavy (non-hydrogen) atoms. The van der Waals surface area contributed by atoms with Gasteiger partial charge in [-0.1, -0.05) is 13.3 Å². The largest absolute Gasteiger partial charge is 0.383 e. The smallest absolute Gasteiger partial charge is 0.0587 e. The first-order valence-electron chi connectivity index (χ1n) is 8.26. The first-order chi connectivity index (χ1) is 9.31. The molecule has 112 valence electrons. The van der Waals surface area contributed by atoms with Crippen LogP contribution in [-0.4, -0.2) is 50.3 Å². The van der Waals surface area contributed by atoms with Gasteiger partial charge in [-0.2, -0.15) is 0 Å². The second-order valence-corrected chi connectivity index (χ2v) is 6.50. The Morgan fingerprint density at radius 1 is 1.11 bits per heavy atom. The Morgan fingerprint density at radius 2 is 1.89 bits per heavy atom. The maximum Gasteiger partial charge on any atom is 0.0587 e. The molecule has 1 N–H and O–H groups in total. The second kappa shape index (κ2) is 8.23. The zero-order valence-electron chi connectivity index (χ0n) is 12.9. The molecule has 0 aromatic rings. The minimum absolute atomic E-state index is 0.768. The van der Waals surface area contributed by atoms with Gasteiger partial charge in [0.1, 0.15) is 0 Å².